The maximum Gasteiger partial charge on any atom is 0.208 e. The topological polar surface area (TPSA) is 62.9 Å². The second kappa shape index (κ2) is 6.95. The van der Waals surface area contributed by atoms with Gasteiger partial charge in [-0.15, -0.1) is 0 Å². The van der Waals surface area contributed by atoms with E-state index in [9.17, 15) is 0 Å². The number of guanidine groups is 1. The van der Waals surface area contributed by atoms with E-state index in [1.807, 2.05) is 0 Å². The molecule has 1 heterocycles. The maximum atomic E-state index is 5.63. The molecule has 5 heteroatoms. The Kier molecular flexibility index (Phi) is 5.26. The summed E-state index contributed by atoms with van der Waals surface area (Å²) in [6.45, 7) is 2.94. The van der Waals surface area contributed by atoms with Gasteiger partial charge in [-0.3, -0.25) is 5.43 Å². The number of aliphatic imine (C=N–C) groups is 1. The summed E-state index contributed by atoms with van der Waals surface area (Å²) in [5.41, 5.74) is 2.79. The fraction of sp³-hybridized carbons (Fsp3) is 0.923. The van der Waals surface area contributed by atoms with E-state index < -0.39 is 0 Å². The van der Waals surface area contributed by atoms with Crippen molar-refractivity contribution >= 4 is 5.96 Å². The van der Waals surface area contributed by atoms with Crippen LogP contribution in [0.15, 0.2) is 4.99 Å². The van der Waals surface area contributed by atoms with E-state index in [4.69, 9.17) is 15.6 Å². The molecule has 0 aromatic heterocycles. The van der Waals surface area contributed by atoms with Gasteiger partial charge in [0, 0.05) is 26.8 Å². The molecule has 1 saturated carbocycles. The molecule has 1 aliphatic heterocycles. The summed E-state index contributed by atoms with van der Waals surface area (Å²) in [5, 5.41) is 0. The number of piperidine rings is 1. The second-order valence-electron chi connectivity index (χ2n) is 5.42. The van der Waals surface area contributed by atoms with Gasteiger partial charge in [-0.05, 0) is 31.6 Å². The number of hydrogen-bond donors (Lipinski definition) is 2. The number of hydrazine groups is 1. The molecule has 2 rings (SSSR count). The van der Waals surface area contributed by atoms with Crippen LogP contribution < -0.4 is 11.3 Å². The summed E-state index contributed by atoms with van der Waals surface area (Å²) >= 11 is 0. The number of likely N-dealkylation sites (tertiary alicyclic amines) is 1. The van der Waals surface area contributed by atoms with Crippen molar-refractivity contribution in [2.75, 3.05) is 26.8 Å². The fourth-order valence-corrected chi connectivity index (χ4v) is 2.96. The van der Waals surface area contributed by atoms with E-state index in [1.165, 1.54) is 38.5 Å². The molecular weight excluding hydrogens is 228 g/mol. The molecule has 0 aromatic rings. The Bertz CT molecular complexity index is 268. The van der Waals surface area contributed by atoms with Crippen LogP contribution >= 0.6 is 0 Å². The van der Waals surface area contributed by atoms with Crippen molar-refractivity contribution < 1.29 is 4.74 Å². The Morgan fingerprint density at radius 3 is 2.50 bits per heavy atom. The molecule has 1 saturated heterocycles. The first kappa shape index (κ1) is 13.6. The minimum atomic E-state index is 0.479. The summed E-state index contributed by atoms with van der Waals surface area (Å²) in [5.74, 6) is 7.21. The number of methoxy groups -OCH3 is 1. The van der Waals surface area contributed by atoms with E-state index in [1.54, 1.807) is 7.11 Å². The summed E-state index contributed by atoms with van der Waals surface area (Å²) in [7, 11) is 1.78. The third-order valence-corrected chi connectivity index (χ3v) is 4.08. The van der Waals surface area contributed by atoms with Crippen LogP contribution in [0.2, 0.25) is 0 Å². The van der Waals surface area contributed by atoms with Gasteiger partial charge in [-0.2, -0.15) is 0 Å². The van der Waals surface area contributed by atoms with Crippen LogP contribution in [0.4, 0.5) is 0 Å². The molecular formula is C13H26N4O. The van der Waals surface area contributed by atoms with Crippen molar-refractivity contribution in [1.29, 1.82) is 0 Å². The predicted molar refractivity (Wildman–Crippen MR) is 73.2 cm³/mol. The molecule has 2 aliphatic rings. The third kappa shape index (κ3) is 3.59. The minimum absolute atomic E-state index is 0.479. The maximum absolute atomic E-state index is 5.63. The Morgan fingerprint density at radius 1 is 1.28 bits per heavy atom. The number of rotatable bonds is 3. The number of nitrogens with zero attached hydrogens (tertiary/aromatic N) is 2. The van der Waals surface area contributed by atoms with Crippen molar-refractivity contribution in [2.45, 2.75) is 44.6 Å². The van der Waals surface area contributed by atoms with Crippen molar-refractivity contribution in [3.63, 3.8) is 0 Å². The van der Waals surface area contributed by atoms with Crippen LogP contribution in [-0.4, -0.2) is 43.7 Å². The highest BCUT2D eigenvalue weighted by Gasteiger charge is 2.22. The van der Waals surface area contributed by atoms with E-state index in [2.05, 4.69) is 10.3 Å². The Morgan fingerprint density at radius 2 is 1.94 bits per heavy atom. The highest BCUT2D eigenvalue weighted by atomic mass is 16.5. The van der Waals surface area contributed by atoms with Gasteiger partial charge in [0.05, 0.1) is 6.04 Å². The van der Waals surface area contributed by atoms with Gasteiger partial charge in [0.15, 0.2) is 0 Å². The zero-order valence-corrected chi connectivity index (χ0v) is 11.4. The SMILES string of the molecule is COCC1CCN(C(=NC2CCCC2)NN)CC1. The van der Waals surface area contributed by atoms with Crippen LogP contribution in [0, 0.1) is 5.92 Å². The monoisotopic (exact) mass is 254 g/mol. The molecule has 18 heavy (non-hydrogen) atoms. The number of nitrogens with two attached hydrogens (primary N) is 1. The second-order valence-corrected chi connectivity index (χ2v) is 5.42. The zero-order chi connectivity index (χ0) is 12.8. The highest BCUT2D eigenvalue weighted by Crippen LogP contribution is 2.22. The predicted octanol–water partition coefficient (Wildman–Crippen LogP) is 1.11. The van der Waals surface area contributed by atoms with E-state index in [0.29, 0.717) is 12.0 Å². The smallest absolute Gasteiger partial charge is 0.208 e. The first-order valence-electron chi connectivity index (χ1n) is 7.11. The molecule has 0 bridgehead atoms. The third-order valence-electron chi connectivity index (χ3n) is 4.08. The highest BCUT2D eigenvalue weighted by molar-refractivity contribution is 5.79. The Labute approximate surface area is 110 Å². The standard InChI is InChI=1S/C13H26N4O/c1-18-10-11-6-8-17(9-7-11)13(16-14)15-12-4-2-3-5-12/h11-12H,2-10,14H2,1H3,(H,15,16). The van der Waals surface area contributed by atoms with Crippen LogP contribution in [0.25, 0.3) is 0 Å². The van der Waals surface area contributed by atoms with Crippen molar-refractivity contribution in [3.05, 3.63) is 0 Å². The molecule has 3 N–H and O–H groups in total. The zero-order valence-electron chi connectivity index (χ0n) is 11.4. The van der Waals surface area contributed by atoms with Crippen molar-refractivity contribution in [1.82, 2.24) is 10.3 Å². The van der Waals surface area contributed by atoms with Crippen LogP contribution in [0.5, 0.6) is 0 Å². The molecule has 0 aromatic carbocycles. The van der Waals surface area contributed by atoms with Crippen molar-refractivity contribution in [3.8, 4) is 0 Å². The van der Waals surface area contributed by atoms with Gasteiger partial charge >= 0.3 is 0 Å². The van der Waals surface area contributed by atoms with Crippen LogP contribution in [0.1, 0.15) is 38.5 Å². The molecule has 1 aliphatic carbocycles. The van der Waals surface area contributed by atoms with Gasteiger partial charge in [0.2, 0.25) is 5.96 Å². The molecule has 5 nitrogen and oxygen atoms in total. The number of ether oxygens (including phenoxy) is 1. The molecule has 0 spiro atoms. The quantitative estimate of drug-likeness (QED) is 0.343. The number of hydrogen-bond acceptors (Lipinski definition) is 3. The summed E-state index contributed by atoms with van der Waals surface area (Å²) in [4.78, 5) is 7.05. The molecule has 0 atom stereocenters. The lowest BCUT2D eigenvalue weighted by atomic mass is 9.98. The molecule has 104 valence electrons. The lowest BCUT2D eigenvalue weighted by Crippen LogP contribution is -2.49. The summed E-state index contributed by atoms with van der Waals surface area (Å²) in [6, 6.07) is 0.479. The first-order valence-corrected chi connectivity index (χ1v) is 7.11. The molecule has 0 unspecified atom stereocenters. The van der Waals surface area contributed by atoms with Crippen LogP contribution in [-0.2, 0) is 4.74 Å². The lowest BCUT2D eigenvalue weighted by Gasteiger charge is -2.33. The summed E-state index contributed by atoms with van der Waals surface area (Å²) < 4.78 is 5.22. The van der Waals surface area contributed by atoms with Gasteiger partial charge in [0.1, 0.15) is 0 Å². The van der Waals surface area contributed by atoms with Crippen molar-refractivity contribution in [2.24, 2.45) is 16.8 Å². The van der Waals surface area contributed by atoms with Gasteiger partial charge in [-0.25, -0.2) is 10.8 Å². The average molecular weight is 254 g/mol. The first-order chi connectivity index (χ1) is 8.83. The average Bonchev–Trinajstić information content (AvgIpc) is 2.90. The molecule has 0 radical (unpaired) electrons. The normalized spacial score (nSPS) is 23.7. The van der Waals surface area contributed by atoms with E-state index in [-0.39, 0.29) is 0 Å². The van der Waals surface area contributed by atoms with Gasteiger partial charge < -0.3 is 9.64 Å². The van der Waals surface area contributed by atoms with E-state index in [0.717, 1.165) is 25.7 Å². The minimum Gasteiger partial charge on any atom is -0.384 e. The Balaban J connectivity index is 1.85. The van der Waals surface area contributed by atoms with Gasteiger partial charge in [-0.1, -0.05) is 12.8 Å². The molecule has 0 amide bonds. The lowest BCUT2D eigenvalue weighted by molar-refractivity contribution is 0.118. The van der Waals surface area contributed by atoms with Crippen LogP contribution in [0.3, 0.4) is 0 Å². The Hall–Kier alpha value is -0.810. The molecule has 2 fully saturated rings. The largest absolute Gasteiger partial charge is 0.384 e. The van der Waals surface area contributed by atoms with E-state index >= 15 is 0 Å². The number of nitrogens with one attached hydrogen (secondary N) is 1. The van der Waals surface area contributed by atoms with Gasteiger partial charge in [0.25, 0.3) is 0 Å². The summed E-state index contributed by atoms with van der Waals surface area (Å²) in [6.07, 6.45) is 7.37. The fourth-order valence-electron chi connectivity index (χ4n) is 2.96.